The highest BCUT2D eigenvalue weighted by Crippen LogP contribution is 2.33. The molecule has 2 N–H and O–H groups in total. The van der Waals surface area contributed by atoms with Crippen LogP contribution in [0.2, 0.25) is 0 Å². The fourth-order valence-corrected chi connectivity index (χ4v) is 4.12. The van der Waals surface area contributed by atoms with Crippen LogP contribution >= 0.6 is 0 Å². The van der Waals surface area contributed by atoms with Gasteiger partial charge in [-0.2, -0.15) is 0 Å². The van der Waals surface area contributed by atoms with Gasteiger partial charge >= 0.3 is 0 Å². The molecule has 1 saturated heterocycles. The normalized spacial score (nSPS) is 19.4. The van der Waals surface area contributed by atoms with Gasteiger partial charge in [0.2, 0.25) is 12.7 Å². The highest BCUT2D eigenvalue weighted by Gasteiger charge is 2.37. The van der Waals surface area contributed by atoms with Crippen LogP contribution in [-0.4, -0.2) is 57.4 Å². The van der Waals surface area contributed by atoms with Crippen molar-refractivity contribution in [1.29, 1.82) is 0 Å². The smallest absolute Gasteiger partial charge is 0.255 e. The number of imidazole rings is 1. The number of fused-ring (bicyclic) bond motifs is 1. The minimum Gasteiger partial charge on any atom is -0.454 e. The SMILES string of the molecule is Cn1ccnc1CN1C(=O)COC(c2ccc(NC(=O)c3ccc4c(c3)OCO4)cc2)C1CO. The molecular weight excluding hydrogens is 440 g/mol. The van der Waals surface area contributed by atoms with Crippen molar-refractivity contribution in [2.45, 2.75) is 18.7 Å². The largest absolute Gasteiger partial charge is 0.454 e. The Hall–Kier alpha value is -3.89. The number of amides is 2. The molecule has 2 amide bonds. The standard InChI is InChI=1S/C24H24N4O6/c1-27-9-8-25-21(27)11-28-18(12-29)23(32-13-22(28)30)15-2-5-17(6-3-15)26-24(31)16-4-7-19-20(10-16)34-14-33-19/h2-10,18,23,29H,11-14H2,1H3,(H,26,31). The summed E-state index contributed by atoms with van der Waals surface area (Å²) >= 11 is 0. The van der Waals surface area contributed by atoms with Crippen molar-refractivity contribution in [2.75, 3.05) is 25.3 Å². The van der Waals surface area contributed by atoms with Crippen molar-refractivity contribution in [2.24, 2.45) is 7.05 Å². The lowest BCUT2D eigenvalue weighted by atomic mass is 9.99. The van der Waals surface area contributed by atoms with Crippen molar-refractivity contribution < 1.29 is 28.9 Å². The van der Waals surface area contributed by atoms with E-state index < -0.39 is 12.1 Å². The lowest BCUT2D eigenvalue weighted by Gasteiger charge is -2.40. The first-order valence-corrected chi connectivity index (χ1v) is 10.8. The zero-order chi connectivity index (χ0) is 23.7. The molecule has 0 aliphatic carbocycles. The predicted octanol–water partition coefficient (Wildman–Crippen LogP) is 1.86. The van der Waals surface area contributed by atoms with Crippen LogP contribution in [-0.2, 0) is 23.1 Å². The molecule has 3 heterocycles. The molecule has 1 fully saturated rings. The van der Waals surface area contributed by atoms with Crippen molar-refractivity contribution in [3.8, 4) is 11.5 Å². The topological polar surface area (TPSA) is 115 Å². The van der Waals surface area contributed by atoms with Gasteiger partial charge in [0.25, 0.3) is 5.91 Å². The number of rotatable bonds is 6. The van der Waals surface area contributed by atoms with Crippen molar-refractivity contribution in [3.63, 3.8) is 0 Å². The maximum Gasteiger partial charge on any atom is 0.255 e. The monoisotopic (exact) mass is 464 g/mol. The average Bonchev–Trinajstić information content (AvgIpc) is 3.49. The Labute approximate surface area is 195 Å². The molecule has 2 atom stereocenters. The average molecular weight is 464 g/mol. The molecular formula is C24H24N4O6. The molecule has 0 bridgehead atoms. The molecule has 0 saturated carbocycles. The molecule has 10 heteroatoms. The van der Waals surface area contributed by atoms with Crippen LogP contribution in [0.5, 0.6) is 11.5 Å². The van der Waals surface area contributed by atoms with Crippen LogP contribution < -0.4 is 14.8 Å². The quantitative estimate of drug-likeness (QED) is 0.572. The number of carbonyl (C=O) groups is 2. The summed E-state index contributed by atoms with van der Waals surface area (Å²) in [5.74, 6) is 1.39. The first-order valence-electron chi connectivity index (χ1n) is 10.8. The van der Waals surface area contributed by atoms with Gasteiger partial charge in [0, 0.05) is 30.7 Å². The number of benzene rings is 2. The zero-order valence-corrected chi connectivity index (χ0v) is 18.5. The van der Waals surface area contributed by atoms with E-state index in [-0.39, 0.29) is 38.4 Å². The van der Waals surface area contributed by atoms with E-state index in [1.807, 2.05) is 29.9 Å². The Kier molecular flexibility index (Phi) is 5.91. The fraction of sp³-hybridized carbons (Fsp3) is 0.292. The van der Waals surface area contributed by atoms with Crippen LogP contribution in [0.3, 0.4) is 0 Å². The van der Waals surface area contributed by atoms with Gasteiger partial charge in [-0.3, -0.25) is 9.59 Å². The Morgan fingerprint density at radius 1 is 1.18 bits per heavy atom. The van der Waals surface area contributed by atoms with E-state index in [1.54, 1.807) is 41.4 Å². The van der Waals surface area contributed by atoms with E-state index in [4.69, 9.17) is 14.2 Å². The summed E-state index contributed by atoms with van der Waals surface area (Å²) in [6.07, 6.45) is 2.96. The van der Waals surface area contributed by atoms with Crippen LogP contribution in [0.15, 0.2) is 54.9 Å². The van der Waals surface area contributed by atoms with Gasteiger partial charge in [-0.15, -0.1) is 0 Å². The van der Waals surface area contributed by atoms with E-state index in [9.17, 15) is 14.7 Å². The Morgan fingerprint density at radius 2 is 1.97 bits per heavy atom. The molecule has 0 radical (unpaired) electrons. The second-order valence-corrected chi connectivity index (χ2v) is 8.10. The van der Waals surface area contributed by atoms with Gasteiger partial charge in [0.1, 0.15) is 18.5 Å². The number of aryl methyl sites for hydroxylation is 1. The maximum absolute atomic E-state index is 12.6. The number of carbonyl (C=O) groups excluding carboxylic acids is 2. The number of morpholine rings is 1. The van der Waals surface area contributed by atoms with Crippen molar-refractivity contribution >= 4 is 17.5 Å². The van der Waals surface area contributed by atoms with E-state index in [1.165, 1.54) is 0 Å². The van der Waals surface area contributed by atoms with E-state index in [0.717, 1.165) is 5.56 Å². The molecule has 2 aliphatic rings. The third-order valence-corrected chi connectivity index (χ3v) is 6.01. The van der Waals surface area contributed by atoms with Gasteiger partial charge in [-0.1, -0.05) is 12.1 Å². The zero-order valence-electron chi connectivity index (χ0n) is 18.5. The molecule has 0 spiro atoms. The summed E-state index contributed by atoms with van der Waals surface area (Å²) in [5.41, 5.74) is 1.84. The molecule has 10 nitrogen and oxygen atoms in total. The second-order valence-electron chi connectivity index (χ2n) is 8.10. The van der Waals surface area contributed by atoms with Gasteiger partial charge in [-0.25, -0.2) is 4.98 Å². The number of nitrogens with zero attached hydrogens (tertiary/aromatic N) is 3. The summed E-state index contributed by atoms with van der Waals surface area (Å²) in [7, 11) is 1.86. The van der Waals surface area contributed by atoms with Crippen LogP contribution in [0.4, 0.5) is 5.69 Å². The van der Waals surface area contributed by atoms with Crippen LogP contribution in [0.1, 0.15) is 27.8 Å². The van der Waals surface area contributed by atoms with Crippen molar-refractivity contribution in [3.05, 3.63) is 71.8 Å². The van der Waals surface area contributed by atoms with E-state index in [0.29, 0.717) is 28.6 Å². The number of aliphatic hydroxyl groups excluding tert-OH is 1. The van der Waals surface area contributed by atoms with Crippen LogP contribution in [0.25, 0.3) is 0 Å². The first kappa shape index (κ1) is 21.9. The molecule has 5 rings (SSSR count). The molecule has 34 heavy (non-hydrogen) atoms. The Balaban J connectivity index is 1.29. The van der Waals surface area contributed by atoms with Crippen molar-refractivity contribution in [1.82, 2.24) is 14.5 Å². The fourth-order valence-electron chi connectivity index (χ4n) is 4.12. The summed E-state index contributed by atoms with van der Waals surface area (Å²) in [6, 6.07) is 11.6. The number of nitrogens with one attached hydrogen (secondary N) is 1. The van der Waals surface area contributed by atoms with Gasteiger partial charge < -0.3 is 34.1 Å². The number of anilines is 1. The molecule has 3 aromatic rings. The van der Waals surface area contributed by atoms with E-state index >= 15 is 0 Å². The number of aromatic nitrogens is 2. The minimum absolute atomic E-state index is 0.0891. The number of hydrogen-bond donors (Lipinski definition) is 2. The predicted molar refractivity (Wildman–Crippen MR) is 120 cm³/mol. The number of aliphatic hydroxyl groups is 1. The summed E-state index contributed by atoms with van der Waals surface area (Å²) in [5, 5.41) is 13.0. The van der Waals surface area contributed by atoms with Gasteiger partial charge in [0.05, 0.1) is 19.2 Å². The van der Waals surface area contributed by atoms with Gasteiger partial charge in [0.15, 0.2) is 11.5 Å². The lowest BCUT2D eigenvalue weighted by Crippen LogP contribution is -2.52. The third-order valence-electron chi connectivity index (χ3n) is 6.01. The Bertz CT molecular complexity index is 1210. The number of hydrogen-bond acceptors (Lipinski definition) is 7. The third kappa shape index (κ3) is 4.20. The summed E-state index contributed by atoms with van der Waals surface area (Å²) in [6.45, 7) is 0.0688. The maximum atomic E-state index is 12.6. The first-order chi connectivity index (χ1) is 16.5. The van der Waals surface area contributed by atoms with Gasteiger partial charge in [-0.05, 0) is 35.9 Å². The summed E-state index contributed by atoms with van der Waals surface area (Å²) < 4.78 is 18.2. The Morgan fingerprint density at radius 3 is 2.71 bits per heavy atom. The molecule has 2 unspecified atom stereocenters. The van der Waals surface area contributed by atoms with Crippen LogP contribution in [0, 0.1) is 0 Å². The molecule has 2 aromatic carbocycles. The summed E-state index contributed by atoms with van der Waals surface area (Å²) in [4.78, 5) is 31.1. The molecule has 1 aromatic heterocycles. The minimum atomic E-state index is -0.563. The highest BCUT2D eigenvalue weighted by atomic mass is 16.7. The van der Waals surface area contributed by atoms with E-state index in [2.05, 4.69) is 10.3 Å². The molecule has 2 aliphatic heterocycles. The second kappa shape index (κ2) is 9.16. The number of ether oxygens (including phenoxy) is 3. The molecule has 176 valence electrons. The lowest BCUT2D eigenvalue weighted by molar-refractivity contribution is -0.162. The highest BCUT2D eigenvalue weighted by molar-refractivity contribution is 6.04.